The van der Waals surface area contributed by atoms with Crippen molar-refractivity contribution in [1.82, 2.24) is 15.5 Å². The highest BCUT2D eigenvalue weighted by atomic mass is 16.6. The minimum absolute atomic E-state index is 0.0672. The SMILES string of the molecule is CCOC(=O)C1=C(CN2CCN(c3ccccc3C)CC2)NC(=O)N[C@@H]1c1ccc([N+](=O)[O-])cc1. The number of piperazine rings is 1. The third-order valence-electron chi connectivity index (χ3n) is 6.30. The van der Waals surface area contributed by atoms with E-state index in [0.29, 0.717) is 23.4 Å². The quantitative estimate of drug-likeness (QED) is 0.356. The second-order valence-corrected chi connectivity index (χ2v) is 8.54. The van der Waals surface area contributed by atoms with Crippen molar-refractivity contribution in [2.24, 2.45) is 0 Å². The van der Waals surface area contributed by atoms with Crippen LogP contribution in [0.3, 0.4) is 0 Å². The van der Waals surface area contributed by atoms with E-state index in [4.69, 9.17) is 4.74 Å². The Morgan fingerprint density at radius 1 is 1.11 bits per heavy atom. The maximum atomic E-state index is 13.0. The Labute approximate surface area is 203 Å². The Morgan fingerprint density at radius 3 is 2.43 bits per heavy atom. The second kappa shape index (κ2) is 10.6. The third-order valence-corrected chi connectivity index (χ3v) is 6.30. The van der Waals surface area contributed by atoms with E-state index in [9.17, 15) is 19.7 Å². The van der Waals surface area contributed by atoms with E-state index in [1.54, 1.807) is 19.1 Å². The molecule has 4 rings (SSSR count). The van der Waals surface area contributed by atoms with Gasteiger partial charge in [0.25, 0.3) is 5.69 Å². The first-order valence-electron chi connectivity index (χ1n) is 11.6. The fourth-order valence-electron chi connectivity index (χ4n) is 4.52. The number of hydrogen-bond acceptors (Lipinski definition) is 7. The molecular formula is C25H29N5O5. The summed E-state index contributed by atoms with van der Waals surface area (Å²) in [6.07, 6.45) is 0. The van der Waals surface area contributed by atoms with E-state index in [1.165, 1.54) is 23.4 Å². The molecule has 2 aliphatic rings. The highest BCUT2D eigenvalue weighted by molar-refractivity contribution is 5.95. The molecular weight excluding hydrogens is 450 g/mol. The lowest BCUT2D eigenvalue weighted by Crippen LogP contribution is -2.52. The summed E-state index contributed by atoms with van der Waals surface area (Å²) in [5.41, 5.74) is 3.73. The Morgan fingerprint density at radius 2 is 1.80 bits per heavy atom. The molecule has 0 spiro atoms. The first-order valence-corrected chi connectivity index (χ1v) is 11.6. The molecule has 10 heteroatoms. The van der Waals surface area contributed by atoms with E-state index in [1.807, 2.05) is 12.1 Å². The van der Waals surface area contributed by atoms with Crippen LogP contribution in [-0.2, 0) is 9.53 Å². The number of nitrogens with zero attached hydrogens (tertiary/aromatic N) is 3. The molecule has 0 aliphatic carbocycles. The smallest absolute Gasteiger partial charge is 0.338 e. The average molecular weight is 480 g/mol. The number of nitro benzene ring substituents is 1. The maximum absolute atomic E-state index is 13.0. The highest BCUT2D eigenvalue weighted by Crippen LogP contribution is 2.30. The van der Waals surface area contributed by atoms with Gasteiger partial charge in [-0.15, -0.1) is 0 Å². The molecule has 184 valence electrons. The number of amides is 2. The molecule has 1 saturated heterocycles. The Bertz CT molecular complexity index is 1140. The number of carbonyl (C=O) groups excluding carboxylic acids is 2. The molecule has 1 fully saturated rings. The van der Waals surface area contributed by atoms with Gasteiger partial charge in [-0.3, -0.25) is 15.0 Å². The van der Waals surface area contributed by atoms with Gasteiger partial charge < -0.3 is 20.3 Å². The minimum Gasteiger partial charge on any atom is -0.463 e. The van der Waals surface area contributed by atoms with E-state index in [2.05, 4.69) is 39.5 Å². The maximum Gasteiger partial charge on any atom is 0.338 e. The Balaban J connectivity index is 1.57. The molecule has 35 heavy (non-hydrogen) atoms. The lowest BCUT2D eigenvalue weighted by atomic mass is 9.94. The number of esters is 1. The molecule has 0 aromatic heterocycles. The van der Waals surface area contributed by atoms with Crippen molar-refractivity contribution >= 4 is 23.4 Å². The molecule has 0 unspecified atom stereocenters. The molecule has 2 aromatic carbocycles. The number of ether oxygens (including phenoxy) is 1. The third kappa shape index (κ3) is 5.43. The van der Waals surface area contributed by atoms with Crippen molar-refractivity contribution in [2.45, 2.75) is 19.9 Å². The zero-order chi connectivity index (χ0) is 24.9. The summed E-state index contributed by atoms with van der Waals surface area (Å²) in [7, 11) is 0. The first kappa shape index (κ1) is 24.2. The predicted octanol–water partition coefficient (Wildman–Crippen LogP) is 2.90. The van der Waals surface area contributed by atoms with Gasteiger partial charge in [-0.25, -0.2) is 9.59 Å². The number of non-ortho nitro benzene ring substituents is 1. The summed E-state index contributed by atoms with van der Waals surface area (Å²) in [6, 6.07) is 12.9. The van der Waals surface area contributed by atoms with E-state index < -0.39 is 23.0 Å². The molecule has 2 aliphatic heterocycles. The molecule has 2 amide bonds. The fraction of sp³-hybridized carbons (Fsp3) is 0.360. The van der Waals surface area contributed by atoms with Crippen LogP contribution >= 0.6 is 0 Å². The number of urea groups is 1. The number of nitrogens with one attached hydrogen (secondary N) is 2. The van der Waals surface area contributed by atoms with Crippen LogP contribution in [0.1, 0.15) is 24.1 Å². The Kier molecular flexibility index (Phi) is 7.31. The normalized spacial score (nSPS) is 18.6. The van der Waals surface area contributed by atoms with Crippen LogP contribution in [0.2, 0.25) is 0 Å². The van der Waals surface area contributed by atoms with Crippen molar-refractivity contribution < 1.29 is 19.2 Å². The van der Waals surface area contributed by atoms with E-state index in [-0.39, 0.29) is 12.3 Å². The van der Waals surface area contributed by atoms with Gasteiger partial charge in [-0.2, -0.15) is 0 Å². The van der Waals surface area contributed by atoms with E-state index >= 15 is 0 Å². The van der Waals surface area contributed by atoms with Gasteiger partial charge in [0.05, 0.1) is 23.1 Å². The summed E-state index contributed by atoms with van der Waals surface area (Å²) in [6.45, 7) is 7.56. The van der Waals surface area contributed by atoms with E-state index in [0.717, 1.165) is 26.2 Å². The Hall–Kier alpha value is -3.92. The average Bonchev–Trinajstić information content (AvgIpc) is 2.85. The van der Waals surface area contributed by atoms with Gasteiger partial charge in [0, 0.05) is 56.2 Å². The van der Waals surface area contributed by atoms with Gasteiger partial charge in [-0.05, 0) is 43.2 Å². The van der Waals surface area contributed by atoms with Crippen LogP contribution in [-0.4, -0.2) is 61.2 Å². The topological polar surface area (TPSA) is 117 Å². The van der Waals surface area contributed by atoms with Gasteiger partial charge in [0.2, 0.25) is 0 Å². The number of para-hydroxylation sites is 1. The molecule has 0 bridgehead atoms. The molecule has 0 saturated carbocycles. The van der Waals surface area contributed by atoms with Crippen molar-refractivity contribution in [2.75, 3.05) is 44.2 Å². The highest BCUT2D eigenvalue weighted by Gasteiger charge is 2.35. The van der Waals surface area contributed by atoms with Crippen LogP contribution in [0.25, 0.3) is 0 Å². The number of rotatable bonds is 7. The fourth-order valence-corrected chi connectivity index (χ4v) is 4.52. The molecule has 10 nitrogen and oxygen atoms in total. The van der Waals surface area contributed by atoms with Crippen molar-refractivity contribution in [3.8, 4) is 0 Å². The molecule has 0 radical (unpaired) electrons. The largest absolute Gasteiger partial charge is 0.463 e. The lowest BCUT2D eigenvalue weighted by Gasteiger charge is -2.38. The summed E-state index contributed by atoms with van der Waals surface area (Å²) in [5, 5.41) is 16.6. The second-order valence-electron chi connectivity index (χ2n) is 8.54. The predicted molar refractivity (Wildman–Crippen MR) is 131 cm³/mol. The minimum atomic E-state index is -0.771. The first-order chi connectivity index (χ1) is 16.9. The standard InChI is InChI=1S/C25H29N5O5/c1-3-35-24(31)22-20(16-28-12-14-29(15-13-28)21-7-5-4-6-17(21)2)26-25(32)27-23(22)18-8-10-19(11-9-18)30(33)34/h4-11,23H,3,12-16H2,1-2H3,(H2,26,27,32)/t23-/m1/s1. The summed E-state index contributed by atoms with van der Waals surface area (Å²) >= 11 is 0. The molecule has 1 atom stereocenters. The zero-order valence-corrected chi connectivity index (χ0v) is 19.8. The van der Waals surface area contributed by atoms with Gasteiger partial charge in [0.1, 0.15) is 0 Å². The monoisotopic (exact) mass is 479 g/mol. The number of anilines is 1. The van der Waals surface area contributed by atoms with Crippen LogP contribution < -0.4 is 15.5 Å². The van der Waals surface area contributed by atoms with Gasteiger partial charge in [0.15, 0.2) is 0 Å². The van der Waals surface area contributed by atoms with Crippen molar-refractivity contribution in [3.05, 3.63) is 81.0 Å². The van der Waals surface area contributed by atoms with Crippen molar-refractivity contribution in [1.29, 1.82) is 0 Å². The molecule has 2 N–H and O–H groups in total. The van der Waals surface area contributed by atoms with Gasteiger partial charge >= 0.3 is 12.0 Å². The molecule has 2 aromatic rings. The van der Waals surface area contributed by atoms with Gasteiger partial charge in [-0.1, -0.05) is 18.2 Å². The zero-order valence-electron chi connectivity index (χ0n) is 19.8. The molecule has 2 heterocycles. The van der Waals surface area contributed by atoms with Crippen LogP contribution in [0.15, 0.2) is 59.8 Å². The number of hydrogen-bond donors (Lipinski definition) is 2. The van der Waals surface area contributed by atoms with Crippen LogP contribution in [0, 0.1) is 17.0 Å². The summed E-state index contributed by atoms with van der Waals surface area (Å²) in [4.78, 5) is 40.6. The van der Waals surface area contributed by atoms with Crippen molar-refractivity contribution in [3.63, 3.8) is 0 Å². The van der Waals surface area contributed by atoms with Crippen LogP contribution in [0.4, 0.5) is 16.2 Å². The number of benzene rings is 2. The number of aryl methyl sites for hydroxylation is 1. The lowest BCUT2D eigenvalue weighted by molar-refractivity contribution is -0.384. The summed E-state index contributed by atoms with van der Waals surface area (Å²) < 4.78 is 5.31. The van der Waals surface area contributed by atoms with Crippen LogP contribution in [0.5, 0.6) is 0 Å². The summed E-state index contributed by atoms with van der Waals surface area (Å²) in [5.74, 6) is -0.531. The number of nitro groups is 1. The number of carbonyl (C=O) groups is 2.